The SMILES string of the molecule is CC(C)CC(NS(C)(=O)=O)C(=O)Nc1cnn(C)c1. The molecule has 2 N–H and O–H groups in total. The molecule has 0 aliphatic heterocycles. The fraction of sp³-hybridized carbons (Fsp3) is 0.636. The van der Waals surface area contributed by atoms with Crippen LogP contribution in [0.2, 0.25) is 0 Å². The zero-order valence-corrected chi connectivity index (χ0v) is 12.4. The highest BCUT2D eigenvalue weighted by Crippen LogP contribution is 2.10. The number of nitrogens with one attached hydrogen (secondary N) is 2. The minimum atomic E-state index is -3.43. The van der Waals surface area contributed by atoms with Crippen molar-refractivity contribution in [2.45, 2.75) is 26.3 Å². The van der Waals surface area contributed by atoms with E-state index >= 15 is 0 Å². The first-order chi connectivity index (χ1) is 8.67. The van der Waals surface area contributed by atoms with Crippen molar-refractivity contribution in [1.29, 1.82) is 0 Å². The molecule has 1 aromatic rings. The minimum absolute atomic E-state index is 0.193. The number of nitrogens with zero attached hydrogens (tertiary/aromatic N) is 2. The molecule has 1 amide bonds. The van der Waals surface area contributed by atoms with Crippen molar-refractivity contribution in [2.75, 3.05) is 11.6 Å². The highest BCUT2D eigenvalue weighted by Gasteiger charge is 2.23. The van der Waals surface area contributed by atoms with Crippen LogP contribution in [0.4, 0.5) is 5.69 Å². The Morgan fingerprint density at radius 2 is 2.11 bits per heavy atom. The van der Waals surface area contributed by atoms with E-state index in [9.17, 15) is 13.2 Å². The van der Waals surface area contributed by atoms with Gasteiger partial charge in [0.1, 0.15) is 6.04 Å². The molecule has 1 unspecified atom stereocenters. The fourth-order valence-electron chi connectivity index (χ4n) is 1.65. The van der Waals surface area contributed by atoms with Gasteiger partial charge in [0.05, 0.1) is 18.1 Å². The first-order valence-corrected chi connectivity index (χ1v) is 7.83. The Hall–Kier alpha value is -1.41. The second-order valence-corrected chi connectivity index (χ2v) is 6.74. The van der Waals surface area contributed by atoms with E-state index in [1.165, 1.54) is 6.20 Å². The Morgan fingerprint density at radius 3 is 2.53 bits per heavy atom. The molecular weight excluding hydrogens is 268 g/mol. The number of carbonyl (C=O) groups is 1. The van der Waals surface area contributed by atoms with Crippen LogP contribution in [0.5, 0.6) is 0 Å². The predicted molar refractivity (Wildman–Crippen MR) is 73.1 cm³/mol. The first-order valence-electron chi connectivity index (χ1n) is 5.94. The summed E-state index contributed by atoms with van der Waals surface area (Å²) in [4.78, 5) is 12.1. The number of aromatic nitrogens is 2. The number of rotatable bonds is 6. The Labute approximate surface area is 113 Å². The van der Waals surface area contributed by atoms with E-state index < -0.39 is 16.1 Å². The van der Waals surface area contributed by atoms with Crippen molar-refractivity contribution >= 4 is 21.6 Å². The number of carbonyl (C=O) groups excluding carboxylic acids is 1. The second kappa shape index (κ2) is 6.16. The molecule has 0 bridgehead atoms. The van der Waals surface area contributed by atoms with E-state index in [1.54, 1.807) is 17.9 Å². The van der Waals surface area contributed by atoms with Crippen LogP contribution in [0.25, 0.3) is 0 Å². The van der Waals surface area contributed by atoms with Gasteiger partial charge in [0.25, 0.3) is 0 Å². The molecule has 0 aromatic carbocycles. The van der Waals surface area contributed by atoms with Crippen LogP contribution < -0.4 is 10.0 Å². The molecule has 0 aliphatic rings. The van der Waals surface area contributed by atoms with E-state index in [2.05, 4.69) is 15.1 Å². The van der Waals surface area contributed by atoms with Gasteiger partial charge in [0.2, 0.25) is 15.9 Å². The molecule has 0 saturated heterocycles. The van der Waals surface area contributed by atoms with Crippen LogP contribution in [-0.2, 0) is 21.9 Å². The van der Waals surface area contributed by atoms with Crippen molar-refractivity contribution in [3.8, 4) is 0 Å². The zero-order chi connectivity index (χ0) is 14.6. The zero-order valence-electron chi connectivity index (χ0n) is 11.5. The molecule has 1 rings (SSSR count). The summed E-state index contributed by atoms with van der Waals surface area (Å²) in [6.45, 7) is 3.85. The molecule has 0 radical (unpaired) electrons. The summed E-state index contributed by atoms with van der Waals surface area (Å²) in [6, 6.07) is -0.782. The standard InChI is InChI=1S/C11H20N4O3S/c1-8(2)5-10(14-19(4,17)18)11(16)13-9-6-12-15(3)7-9/h6-8,10,14H,5H2,1-4H3,(H,13,16). The predicted octanol–water partition coefficient (Wildman–Crippen LogP) is 0.322. The lowest BCUT2D eigenvalue weighted by atomic mass is 10.0. The van der Waals surface area contributed by atoms with E-state index in [0.717, 1.165) is 6.26 Å². The molecule has 0 saturated carbocycles. The number of aryl methyl sites for hydroxylation is 1. The lowest BCUT2D eigenvalue weighted by Gasteiger charge is -2.18. The summed E-state index contributed by atoms with van der Waals surface area (Å²) in [5.74, 6) is -0.189. The van der Waals surface area contributed by atoms with Gasteiger partial charge in [-0.25, -0.2) is 13.1 Å². The number of sulfonamides is 1. The Kier molecular flexibility index (Phi) is 5.07. The second-order valence-electron chi connectivity index (χ2n) is 4.96. The maximum Gasteiger partial charge on any atom is 0.242 e. The topological polar surface area (TPSA) is 93.1 Å². The van der Waals surface area contributed by atoms with E-state index in [-0.39, 0.29) is 11.8 Å². The molecule has 0 aliphatic carbocycles. The van der Waals surface area contributed by atoms with Crippen molar-refractivity contribution in [1.82, 2.24) is 14.5 Å². The Bertz CT molecular complexity index is 536. The first kappa shape index (κ1) is 15.6. The van der Waals surface area contributed by atoms with Gasteiger partial charge in [-0.3, -0.25) is 9.48 Å². The normalized spacial score (nSPS) is 13.5. The number of hydrogen-bond donors (Lipinski definition) is 2. The van der Waals surface area contributed by atoms with Gasteiger partial charge in [-0.2, -0.15) is 5.10 Å². The van der Waals surface area contributed by atoms with Gasteiger partial charge >= 0.3 is 0 Å². The summed E-state index contributed by atoms with van der Waals surface area (Å²) in [6.07, 6.45) is 4.62. The van der Waals surface area contributed by atoms with Crippen LogP contribution in [0.3, 0.4) is 0 Å². The van der Waals surface area contributed by atoms with E-state index in [1.807, 2.05) is 13.8 Å². The van der Waals surface area contributed by atoms with Gasteiger partial charge in [-0.1, -0.05) is 13.8 Å². The van der Waals surface area contributed by atoms with Crippen molar-refractivity contribution in [3.63, 3.8) is 0 Å². The lowest BCUT2D eigenvalue weighted by molar-refractivity contribution is -0.118. The quantitative estimate of drug-likeness (QED) is 0.788. The molecule has 108 valence electrons. The van der Waals surface area contributed by atoms with Crippen molar-refractivity contribution in [2.24, 2.45) is 13.0 Å². The largest absolute Gasteiger partial charge is 0.322 e. The summed E-state index contributed by atoms with van der Waals surface area (Å²) in [5, 5.41) is 6.57. The molecule has 0 fully saturated rings. The van der Waals surface area contributed by atoms with Crippen molar-refractivity contribution in [3.05, 3.63) is 12.4 Å². The van der Waals surface area contributed by atoms with Crippen LogP contribution >= 0.6 is 0 Å². The number of hydrogen-bond acceptors (Lipinski definition) is 4. The monoisotopic (exact) mass is 288 g/mol. The highest BCUT2D eigenvalue weighted by atomic mass is 32.2. The van der Waals surface area contributed by atoms with Gasteiger partial charge in [-0.05, 0) is 12.3 Å². The van der Waals surface area contributed by atoms with Crippen molar-refractivity contribution < 1.29 is 13.2 Å². The average Bonchev–Trinajstić information content (AvgIpc) is 2.60. The van der Waals surface area contributed by atoms with Crippen LogP contribution in [0.15, 0.2) is 12.4 Å². The Balaban J connectivity index is 2.76. The van der Waals surface area contributed by atoms with Gasteiger partial charge in [0, 0.05) is 13.2 Å². The maximum atomic E-state index is 12.1. The maximum absolute atomic E-state index is 12.1. The summed E-state index contributed by atoms with van der Waals surface area (Å²) >= 11 is 0. The Morgan fingerprint density at radius 1 is 1.47 bits per heavy atom. The molecule has 0 spiro atoms. The van der Waals surface area contributed by atoms with Gasteiger partial charge in [-0.15, -0.1) is 0 Å². The summed E-state index contributed by atoms with van der Waals surface area (Å²) < 4.78 is 26.5. The van der Waals surface area contributed by atoms with Gasteiger partial charge in [0.15, 0.2) is 0 Å². The van der Waals surface area contributed by atoms with Crippen LogP contribution in [-0.4, -0.2) is 36.4 Å². The lowest BCUT2D eigenvalue weighted by Crippen LogP contribution is -2.44. The highest BCUT2D eigenvalue weighted by molar-refractivity contribution is 7.88. The molecule has 8 heteroatoms. The molecule has 1 heterocycles. The summed E-state index contributed by atoms with van der Waals surface area (Å²) in [7, 11) is -1.70. The van der Waals surface area contributed by atoms with E-state index in [4.69, 9.17) is 0 Å². The fourth-order valence-corrected chi connectivity index (χ4v) is 2.37. The van der Waals surface area contributed by atoms with Crippen LogP contribution in [0.1, 0.15) is 20.3 Å². The number of amides is 1. The number of anilines is 1. The third kappa shape index (κ3) is 5.84. The minimum Gasteiger partial charge on any atom is -0.322 e. The molecular formula is C11H20N4O3S. The molecule has 19 heavy (non-hydrogen) atoms. The third-order valence-corrected chi connectivity index (χ3v) is 3.07. The van der Waals surface area contributed by atoms with E-state index in [0.29, 0.717) is 12.1 Å². The average molecular weight is 288 g/mol. The third-order valence-electron chi connectivity index (χ3n) is 2.35. The van der Waals surface area contributed by atoms with Gasteiger partial charge < -0.3 is 5.32 Å². The summed E-state index contributed by atoms with van der Waals surface area (Å²) in [5.41, 5.74) is 0.538. The smallest absolute Gasteiger partial charge is 0.242 e. The molecule has 7 nitrogen and oxygen atoms in total. The molecule has 1 atom stereocenters. The van der Waals surface area contributed by atoms with Crippen LogP contribution in [0, 0.1) is 5.92 Å². The molecule has 1 aromatic heterocycles.